The fourth-order valence-corrected chi connectivity index (χ4v) is 1.16. The maximum atomic E-state index is 10.5. The number of nitrogens with one attached hydrogen (secondary N) is 1. The van der Waals surface area contributed by atoms with Gasteiger partial charge in [-0.2, -0.15) is 0 Å². The van der Waals surface area contributed by atoms with Crippen LogP contribution in [0.2, 0.25) is 0 Å². The molecular formula is C10H24N4O4. The first-order chi connectivity index (χ1) is 8.65. The fourth-order valence-electron chi connectivity index (χ4n) is 1.16. The Hall–Kier alpha value is -0.930. The Labute approximate surface area is 108 Å². The van der Waals surface area contributed by atoms with Crippen LogP contribution < -0.4 is 11.1 Å². The number of urea groups is 1. The average molecular weight is 264 g/mol. The zero-order chi connectivity index (χ0) is 13.8. The topological polar surface area (TPSA) is 89.3 Å². The van der Waals surface area contributed by atoms with Crippen LogP contribution in [0.3, 0.4) is 0 Å². The molecule has 0 saturated carbocycles. The Morgan fingerprint density at radius 1 is 1.11 bits per heavy atom. The van der Waals surface area contributed by atoms with E-state index >= 15 is 0 Å². The van der Waals surface area contributed by atoms with Crippen LogP contribution in [-0.4, -0.2) is 49.4 Å². The standard InChI is InChI=1S/C10H24N4O4/c1-4-16-13(9-7-8-12-10(11)15)14(17-5-2)18-6-3/h4-9H2,1-3H3,(H3,11,12,15). The molecule has 0 aliphatic carbocycles. The quantitative estimate of drug-likeness (QED) is 0.415. The van der Waals surface area contributed by atoms with Crippen LogP contribution in [0.25, 0.3) is 0 Å². The lowest BCUT2D eigenvalue weighted by molar-refractivity contribution is -0.530. The van der Waals surface area contributed by atoms with Crippen LogP contribution in [0, 0.1) is 0 Å². The lowest BCUT2D eigenvalue weighted by Crippen LogP contribution is -2.44. The van der Waals surface area contributed by atoms with Crippen molar-refractivity contribution in [3.8, 4) is 0 Å². The minimum atomic E-state index is -0.538. The van der Waals surface area contributed by atoms with E-state index in [0.29, 0.717) is 39.3 Å². The van der Waals surface area contributed by atoms with Crippen molar-refractivity contribution in [3.05, 3.63) is 0 Å². The van der Waals surface area contributed by atoms with Gasteiger partial charge < -0.3 is 11.1 Å². The van der Waals surface area contributed by atoms with Crippen molar-refractivity contribution in [2.75, 3.05) is 32.9 Å². The summed E-state index contributed by atoms with van der Waals surface area (Å²) in [5, 5.41) is 5.19. The molecule has 0 rings (SSSR count). The van der Waals surface area contributed by atoms with Gasteiger partial charge in [-0.05, 0) is 27.2 Å². The summed E-state index contributed by atoms with van der Waals surface area (Å²) >= 11 is 0. The van der Waals surface area contributed by atoms with Crippen molar-refractivity contribution in [2.45, 2.75) is 27.2 Å². The lowest BCUT2D eigenvalue weighted by atomic mass is 10.4. The molecule has 0 spiro atoms. The van der Waals surface area contributed by atoms with Crippen LogP contribution in [-0.2, 0) is 14.5 Å². The number of rotatable bonds is 11. The number of nitrogens with two attached hydrogens (primary N) is 1. The summed E-state index contributed by atoms with van der Waals surface area (Å²) in [6.45, 7) is 7.95. The SMILES string of the molecule is CCON(CCCNC(N)=O)N(OCC)OCC. The van der Waals surface area contributed by atoms with Crippen molar-refractivity contribution in [1.29, 1.82) is 0 Å². The number of carbonyl (C=O) groups is 1. The molecule has 0 bridgehead atoms. The van der Waals surface area contributed by atoms with Gasteiger partial charge in [0.1, 0.15) is 0 Å². The average Bonchev–Trinajstić information content (AvgIpc) is 2.32. The Bertz CT molecular complexity index is 212. The molecule has 0 aromatic rings. The summed E-state index contributed by atoms with van der Waals surface area (Å²) in [5.41, 5.74) is 4.97. The Kier molecular flexibility index (Phi) is 10.6. The monoisotopic (exact) mass is 264 g/mol. The summed E-state index contributed by atoms with van der Waals surface area (Å²) in [5.74, 6) is 0. The molecule has 18 heavy (non-hydrogen) atoms. The molecule has 0 heterocycles. The third-order valence-corrected chi connectivity index (χ3v) is 1.76. The largest absolute Gasteiger partial charge is 0.352 e. The molecule has 0 fully saturated rings. The first kappa shape index (κ1) is 17.1. The Morgan fingerprint density at radius 2 is 1.67 bits per heavy atom. The van der Waals surface area contributed by atoms with E-state index in [-0.39, 0.29) is 0 Å². The van der Waals surface area contributed by atoms with Gasteiger partial charge in [0.2, 0.25) is 0 Å². The van der Waals surface area contributed by atoms with E-state index in [1.165, 1.54) is 10.5 Å². The smallest absolute Gasteiger partial charge is 0.312 e. The highest BCUT2D eigenvalue weighted by Gasteiger charge is 2.16. The normalized spacial score (nSPS) is 11.2. The van der Waals surface area contributed by atoms with E-state index in [2.05, 4.69) is 5.32 Å². The first-order valence-corrected chi connectivity index (χ1v) is 6.15. The van der Waals surface area contributed by atoms with Gasteiger partial charge in [-0.15, -0.1) is 0 Å². The maximum Gasteiger partial charge on any atom is 0.312 e. The van der Waals surface area contributed by atoms with Gasteiger partial charge in [0.05, 0.1) is 19.8 Å². The summed E-state index contributed by atoms with van der Waals surface area (Å²) in [6, 6.07) is -0.538. The number of hydrazine groups is 1. The van der Waals surface area contributed by atoms with E-state index in [1.54, 1.807) is 0 Å². The molecule has 0 aliphatic rings. The predicted octanol–water partition coefficient (Wildman–Crippen LogP) is 0.418. The highest BCUT2D eigenvalue weighted by Crippen LogP contribution is 2.03. The molecule has 0 atom stereocenters. The van der Waals surface area contributed by atoms with Crippen LogP contribution in [0.4, 0.5) is 4.79 Å². The van der Waals surface area contributed by atoms with Crippen molar-refractivity contribution in [3.63, 3.8) is 0 Å². The van der Waals surface area contributed by atoms with E-state index in [1.807, 2.05) is 20.8 Å². The van der Waals surface area contributed by atoms with Crippen LogP contribution in [0.1, 0.15) is 27.2 Å². The maximum absolute atomic E-state index is 10.5. The zero-order valence-corrected chi connectivity index (χ0v) is 11.3. The van der Waals surface area contributed by atoms with Crippen molar-refractivity contribution >= 4 is 6.03 Å². The lowest BCUT2D eigenvalue weighted by Gasteiger charge is -2.30. The molecule has 0 unspecified atom stereocenters. The van der Waals surface area contributed by atoms with E-state index in [9.17, 15) is 4.79 Å². The van der Waals surface area contributed by atoms with E-state index in [0.717, 1.165) is 0 Å². The first-order valence-electron chi connectivity index (χ1n) is 6.15. The summed E-state index contributed by atoms with van der Waals surface area (Å²) in [4.78, 5) is 26.4. The van der Waals surface area contributed by atoms with Gasteiger partial charge >= 0.3 is 6.03 Å². The molecule has 3 N–H and O–H groups in total. The zero-order valence-electron chi connectivity index (χ0n) is 11.3. The van der Waals surface area contributed by atoms with Crippen molar-refractivity contribution in [2.24, 2.45) is 5.73 Å². The highest BCUT2D eigenvalue weighted by atomic mass is 17.0. The Balaban J connectivity index is 4.10. The van der Waals surface area contributed by atoms with Crippen LogP contribution >= 0.6 is 0 Å². The summed E-state index contributed by atoms with van der Waals surface area (Å²) in [7, 11) is 0. The van der Waals surface area contributed by atoms with Crippen molar-refractivity contribution < 1.29 is 19.3 Å². The molecular weight excluding hydrogens is 240 g/mol. The third kappa shape index (κ3) is 8.20. The molecule has 8 nitrogen and oxygen atoms in total. The second-order valence-corrected chi connectivity index (χ2v) is 3.21. The Morgan fingerprint density at radius 3 is 2.11 bits per heavy atom. The van der Waals surface area contributed by atoms with Gasteiger partial charge in [-0.1, -0.05) is 5.17 Å². The van der Waals surface area contributed by atoms with Crippen LogP contribution in [0.5, 0.6) is 0 Å². The van der Waals surface area contributed by atoms with Gasteiger partial charge in [-0.25, -0.2) is 4.79 Å². The number of primary amides is 1. The number of carbonyl (C=O) groups excluding carboxylic acids is 1. The molecule has 2 amide bonds. The van der Waals surface area contributed by atoms with Gasteiger partial charge in [-0.3, -0.25) is 14.5 Å². The summed E-state index contributed by atoms with van der Waals surface area (Å²) in [6.07, 6.45) is 0.652. The number of nitrogens with zero attached hydrogens (tertiary/aromatic N) is 2. The van der Waals surface area contributed by atoms with Gasteiger partial charge in [0, 0.05) is 18.4 Å². The minimum absolute atomic E-state index is 0.461. The predicted molar refractivity (Wildman–Crippen MR) is 65.6 cm³/mol. The van der Waals surface area contributed by atoms with Gasteiger partial charge in [0.25, 0.3) is 0 Å². The van der Waals surface area contributed by atoms with E-state index < -0.39 is 6.03 Å². The summed E-state index contributed by atoms with van der Waals surface area (Å²) < 4.78 is 0. The van der Waals surface area contributed by atoms with E-state index in [4.69, 9.17) is 20.2 Å². The number of amides is 2. The molecule has 8 heteroatoms. The molecule has 0 aliphatic heterocycles. The second-order valence-electron chi connectivity index (χ2n) is 3.21. The molecule has 0 radical (unpaired) electrons. The number of hydrogen-bond donors (Lipinski definition) is 2. The minimum Gasteiger partial charge on any atom is -0.352 e. The molecule has 0 aromatic heterocycles. The van der Waals surface area contributed by atoms with Crippen molar-refractivity contribution in [1.82, 2.24) is 15.8 Å². The fraction of sp³-hybridized carbons (Fsp3) is 0.900. The van der Waals surface area contributed by atoms with Gasteiger partial charge in [0.15, 0.2) is 0 Å². The molecule has 108 valence electrons. The second kappa shape index (κ2) is 11.2. The third-order valence-electron chi connectivity index (χ3n) is 1.76. The van der Waals surface area contributed by atoms with Crippen LogP contribution in [0.15, 0.2) is 0 Å². The number of hydroxylamine groups is 1. The number of hydrogen-bond acceptors (Lipinski definition) is 6. The highest BCUT2D eigenvalue weighted by molar-refractivity contribution is 5.71. The molecule has 0 saturated heterocycles. The molecule has 0 aromatic carbocycles.